The molecule has 2 amide bonds. The van der Waals surface area contributed by atoms with Gasteiger partial charge in [0.15, 0.2) is 0 Å². The van der Waals surface area contributed by atoms with Gasteiger partial charge in [-0.15, -0.1) is 0 Å². The number of nitrogens with one attached hydrogen (secondary N) is 1. The fourth-order valence-electron chi connectivity index (χ4n) is 3.01. The molecule has 1 saturated heterocycles. The molecule has 2 aromatic rings. The average Bonchev–Trinajstić information content (AvgIpc) is 3.17. The molecule has 1 fully saturated rings. The third kappa shape index (κ3) is 5.45. The number of aryl methyl sites for hydroxylation is 1. The van der Waals surface area contributed by atoms with Gasteiger partial charge in [0, 0.05) is 42.6 Å². The zero-order valence-corrected chi connectivity index (χ0v) is 16.4. The smallest absolute Gasteiger partial charge is 0.409 e. The van der Waals surface area contributed by atoms with E-state index in [4.69, 9.17) is 20.9 Å². The maximum Gasteiger partial charge on any atom is 0.409 e. The first-order valence-electron chi connectivity index (χ1n) is 9.34. The number of benzene rings is 1. The minimum absolute atomic E-state index is 0.0606. The second-order valence-corrected chi connectivity index (χ2v) is 6.98. The van der Waals surface area contributed by atoms with E-state index in [1.807, 2.05) is 12.1 Å². The molecule has 2 heterocycles. The largest absolute Gasteiger partial charge is 0.450 e. The van der Waals surface area contributed by atoms with Crippen LogP contribution >= 0.6 is 11.6 Å². The van der Waals surface area contributed by atoms with Crippen molar-refractivity contribution in [2.24, 2.45) is 0 Å². The molecule has 0 aliphatic carbocycles. The lowest BCUT2D eigenvalue weighted by Gasteiger charge is -2.31. The van der Waals surface area contributed by atoms with Gasteiger partial charge in [-0.05, 0) is 44.0 Å². The summed E-state index contributed by atoms with van der Waals surface area (Å²) in [5, 5.41) is 7.58. The van der Waals surface area contributed by atoms with Gasteiger partial charge in [-0.3, -0.25) is 4.79 Å². The van der Waals surface area contributed by atoms with Crippen molar-refractivity contribution in [3.8, 4) is 11.4 Å². The number of carbonyl (C=O) groups is 2. The Labute approximate surface area is 168 Å². The summed E-state index contributed by atoms with van der Waals surface area (Å²) in [7, 11) is 0. The molecule has 0 atom stereocenters. The van der Waals surface area contributed by atoms with Crippen LogP contribution in [0.3, 0.4) is 0 Å². The number of hydrogen-bond donors (Lipinski definition) is 1. The molecule has 1 aliphatic rings. The van der Waals surface area contributed by atoms with Crippen molar-refractivity contribution >= 4 is 23.6 Å². The normalized spacial score (nSPS) is 14.7. The Bertz CT molecular complexity index is 801. The molecule has 0 unspecified atom stereocenters. The minimum atomic E-state index is -0.292. The van der Waals surface area contributed by atoms with Crippen LogP contribution in [0, 0.1) is 0 Å². The van der Waals surface area contributed by atoms with Gasteiger partial charge in [0.25, 0.3) is 0 Å². The minimum Gasteiger partial charge on any atom is -0.450 e. The van der Waals surface area contributed by atoms with Crippen molar-refractivity contribution in [1.29, 1.82) is 0 Å². The third-order valence-corrected chi connectivity index (χ3v) is 4.77. The van der Waals surface area contributed by atoms with Crippen LogP contribution in [0.25, 0.3) is 11.4 Å². The van der Waals surface area contributed by atoms with Crippen LogP contribution in [-0.4, -0.2) is 52.8 Å². The first-order chi connectivity index (χ1) is 13.5. The monoisotopic (exact) mass is 406 g/mol. The van der Waals surface area contributed by atoms with Crippen LogP contribution < -0.4 is 5.32 Å². The van der Waals surface area contributed by atoms with E-state index in [2.05, 4.69) is 15.5 Å². The van der Waals surface area contributed by atoms with Crippen LogP contribution in [0.1, 0.15) is 32.1 Å². The Balaban J connectivity index is 1.42. The lowest BCUT2D eigenvalue weighted by atomic mass is 10.1. The van der Waals surface area contributed by atoms with Crippen LogP contribution in [0.4, 0.5) is 4.79 Å². The van der Waals surface area contributed by atoms with Crippen molar-refractivity contribution in [3.63, 3.8) is 0 Å². The standard InChI is InChI=1S/C19H23ClN4O4/c1-2-27-19(26)24-11-9-15(10-12-24)21-16(25)7-8-17-22-18(23-28-17)13-3-5-14(20)6-4-13/h3-6,15H,2,7-12H2,1H3,(H,21,25). The van der Waals surface area contributed by atoms with Crippen LogP contribution in [0.2, 0.25) is 5.02 Å². The Morgan fingerprint density at radius 1 is 1.29 bits per heavy atom. The molecule has 0 saturated carbocycles. The highest BCUT2D eigenvalue weighted by molar-refractivity contribution is 6.30. The lowest BCUT2D eigenvalue weighted by Crippen LogP contribution is -2.46. The summed E-state index contributed by atoms with van der Waals surface area (Å²) in [6.45, 7) is 3.31. The fourth-order valence-corrected chi connectivity index (χ4v) is 3.14. The van der Waals surface area contributed by atoms with Gasteiger partial charge in [-0.25, -0.2) is 4.79 Å². The number of piperidine rings is 1. The fraction of sp³-hybridized carbons (Fsp3) is 0.474. The van der Waals surface area contributed by atoms with Gasteiger partial charge in [-0.2, -0.15) is 4.98 Å². The molecule has 1 aromatic carbocycles. The van der Waals surface area contributed by atoms with E-state index in [1.165, 1.54) is 0 Å². The zero-order valence-electron chi connectivity index (χ0n) is 15.7. The molecule has 1 aliphatic heterocycles. The van der Waals surface area contributed by atoms with Crippen molar-refractivity contribution in [2.75, 3.05) is 19.7 Å². The van der Waals surface area contributed by atoms with E-state index in [9.17, 15) is 9.59 Å². The summed E-state index contributed by atoms with van der Waals surface area (Å²) < 4.78 is 10.2. The predicted octanol–water partition coefficient (Wildman–Crippen LogP) is 3.06. The Morgan fingerprint density at radius 2 is 2.00 bits per heavy atom. The molecule has 1 aromatic heterocycles. The zero-order chi connectivity index (χ0) is 19.9. The number of amides is 2. The third-order valence-electron chi connectivity index (χ3n) is 4.52. The molecular formula is C19H23ClN4O4. The summed E-state index contributed by atoms with van der Waals surface area (Å²) in [5.74, 6) is 0.816. The van der Waals surface area contributed by atoms with E-state index < -0.39 is 0 Å². The highest BCUT2D eigenvalue weighted by Crippen LogP contribution is 2.19. The van der Waals surface area contributed by atoms with Crippen molar-refractivity contribution < 1.29 is 18.8 Å². The van der Waals surface area contributed by atoms with Crippen molar-refractivity contribution in [1.82, 2.24) is 20.4 Å². The molecule has 0 spiro atoms. The van der Waals surface area contributed by atoms with E-state index in [0.29, 0.717) is 55.7 Å². The molecule has 8 nitrogen and oxygen atoms in total. The summed E-state index contributed by atoms with van der Waals surface area (Å²) in [5.41, 5.74) is 0.803. The number of ether oxygens (including phenoxy) is 1. The number of halogens is 1. The Hall–Kier alpha value is -2.61. The summed E-state index contributed by atoms with van der Waals surface area (Å²) >= 11 is 5.87. The van der Waals surface area contributed by atoms with Crippen LogP contribution in [0.5, 0.6) is 0 Å². The van der Waals surface area contributed by atoms with Crippen molar-refractivity contribution in [3.05, 3.63) is 35.2 Å². The van der Waals surface area contributed by atoms with E-state index in [1.54, 1.807) is 24.0 Å². The second kappa shape index (κ2) is 9.54. The summed E-state index contributed by atoms with van der Waals surface area (Å²) in [6, 6.07) is 7.20. The first-order valence-corrected chi connectivity index (χ1v) is 9.72. The van der Waals surface area contributed by atoms with Crippen LogP contribution in [0.15, 0.2) is 28.8 Å². The van der Waals surface area contributed by atoms with Gasteiger partial charge >= 0.3 is 6.09 Å². The highest BCUT2D eigenvalue weighted by Gasteiger charge is 2.24. The Morgan fingerprint density at radius 3 is 2.68 bits per heavy atom. The van der Waals surface area contributed by atoms with Gasteiger partial charge < -0.3 is 19.5 Å². The molecule has 9 heteroatoms. The maximum atomic E-state index is 12.2. The molecule has 0 bridgehead atoms. The number of likely N-dealkylation sites (tertiary alicyclic amines) is 1. The molecule has 0 radical (unpaired) electrons. The molecule has 150 valence electrons. The van der Waals surface area contributed by atoms with Gasteiger partial charge in [-0.1, -0.05) is 16.8 Å². The maximum absolute atomic E-state index is 12.2. The van der Waals surface area contributed by atoms with Gasteiger partial charge in [0.1, 0.15) is 0 Å². The number of rotatable bonds is 6. The summed E-state index contributed by atoms with van der Waals surface area (Å²) in [4.78, 5) is 29.9. The second-order valence-electron chi connectivity index (χ2n) is 6.55. The number of hydrogen-bond acceptors (Lipinski definition) is 6. The van der Waals surface area contributed by atoms with Gasteiger partial charge in [0.2, 0.25) is 17.6 Å². The number of carbonyl (C=O) groups excluding carboxylic acids is 2. The first kappa shape index (κ1) is 20.1. The van der Waals surface area contributed by atoms with Gasteiger partial charge in [0.05, 0.1) is 6.61 Å². The van der Waals surface area contributed by atoms with Crippen molar-refractivity contribution in [2.45, 2.75) is 38.6 Å². The van der Waals surface area contributed by atoms with Crippen LogP contribution in [-0.2, 0) is 16.0 Å². The predicted molar refractivity (Wildman–Crippen MR) is 103 cm³/mol. The van der Waals surface area contributed by atoms with E-state index >= 15 is 0 Å². The summed E-state index contributed by atoms with van der Waals surface area (Å²) in [6.07, 6.45) is 1.77. The quantitative estimate of drug-likeness (QED) is 0.791. The topological polar surface area (TPSA) is 97.6 Å². The molecule has 3 rings (SSSR count). The molecule has 28 heavy (non-hydrogen) atoms. The van der Waals surface area contributed by atoms with E-state index in [-0.39, 0.29) is 24.5 Å². The number of nitrogens with zero attached hydrogens (tertiary/aromatic N) is 3. The average molecular weight is 407 g/mol. The molecule has 1 N–H and O–H groups in total. The molecular weight excluding hydrogens is 384 g/mol. The lowest BCUT2D eigenvalue weighted by molar-refractivity contribution is -0.122. The number of aromatic nitrogens is 2. The SMILES string of the molecule is CCOC(=O)N1CCC(NC(=O)CCc2nc(-c3ccc(Cl)cc3)no2)CC1. The highest BCUT2D eigenvalue weighted by atomic mass is 35.5. The van der Waals surface area contributed by atoms with E-state index in [0.717, 1.165) is 5.56 Å². The Kier molecular flexibility index (Phi) is 6.86.